The first-order valence-electron chi connectivity index (χ1n) is 8.31. The Hall–Kier alpha value is -2.95. The molecule has 1 amide bonds. The monoisotopic (exact) mass is 337 g/mol. The van der Waals surface area contributed by atoms with Crippen molar-refractivity contribution in [3.8, 4) is 17.3 Å². The number of hydrogen-bond donors (Lipinski definition) is 1. The number of furan rings is 2. The van der Waals surface area contributed by atoms with Gasteiger partial charge in [0.25, 0.3) is 5.91 Å². The zero-order valence-corrected chi connectivity index (χ0v) is 14.0. The van der Waals surface area contributed by atoms with Gasteiger partial charge >= 0.3 is 0 Å². The minimum Gasteiger partial charge on any atom is -0.497 e. The summed E-state index contributed by atoms with van der Waals surface area (Å²) in [6.45, 7) is 0. The second-order valence-electron chi connectivity index (χ2n) is 6.26. The average Bonchev–Trinajstić information content (AvgIpc) is 3.28. The average molecular weight is 337 g/mol. The summed E-state index contributed by atoms with van der Waals surface area (Å²) in [7, 11) is 1.64. The fourth-order valence-corrected chi connectivity index (χ4v) is 3.23. The van der Waals surface area contributed by atoms with E-state index in [0.717, 1.165) is 30.6 Å². The van der Waals surface area contributed by atoms with Gasteiger partial charge in [-0.2, -0.15) is 0 Å². The van der Waals surface area contributed by atoms with E-state index >= 15 is 0 Å². The van der Waals surface area contributed by atoms with Gasteiger partial charge in [-0.3, -0.25) is 4.79 Å². The summed E-state index contributed by atoms with van der Waals surface area (Å²) in [6.07, 6.45) is 4.45. The zero-order chi connectivity index (χ0) is 17.3. The van der Waals surface area contributed by atoms with Crippen LogP contribution in [0.4, 0.5) is 0 Å². The maximum Gasteiger partial charge on any atom is 0.287 e. The van der Waals surface area contributed by atoms with Crippen molar-refractivity contribution >= 4 is 5.91 Å². The summed E-state index contributed by atoms with van der Waals surface area (Å²) in [5.41, 5.74) is 0.702. The maximum atomic E-state index is 12.7. The number of hydrogen-bond acceptors (Lipinski definition) is 4. The van der Waals surface area contributed by atoms with E-state index in [1.54, 1.807) is 37.6 Å². The van der Waals surface area contributed by atoms with E-state index in [1.165, 1.54) is 0 Å². The maximum absolute atomic E-state index is 12.7. The predicted molar refractivity (Wildman–Crippen MR) is 92.4 cm³/mol. The van der Waals surface area contributed by atoms with Crippen molar-refractivity contribution < 1.29 is 18.4 Å². The van der Waals surface area contributed by atoms with E-state index in [0.29, 0.717) is 11.5 Å². The highest BCUT2D eigenvalue weighted by molar-refractivity contribution is 5.92. The van der Waals surface area contributed by atoms with Gasteiger partial charge in [-0.05, 0) is 61.2 Å². The van der Waals surface area contributed by atoms with Gasteiger partial charge in [0.15, 0.2) is 17.3 Å². The molecule has 0 bridgehead atoms. The molecule has 0 atom stereocenters. The van der Waals surface area contributed by atoms with Crippen LogP contribution in [-0.2, 0) is 5.54 Å². The summed E-state index contributed by atoms with van der Waals surface area (Å²) in [5.74, 6) is 1.99. The lowest BCUT2D eigenvalue weighted by Crippen LogP contribution is -2.50. The predicted octanol–water partition coefficient (Wildman–Crippen LogP) is 4.36. The Balaban J connectivity index is 1.56. The lowest BCUT2D eigenvalue weighted by Gasteiger charge is -2.43. The SMILES string of the molecule is COc1cccc(C2(NC(=O)c3ccc(-c4ccco4)o3)CCC2)c1. The van der Waals surface area contributed by atoms with Crippen LogP contribution in [0.5, 0.6) is 5.75 Å². The molecule has 3 aromatic rings. The largest absolute Gasteiger partial charge is 0.497 e. The van der Waals surface area contributed by atoms with Crippen molar-refractivity contribution in [3.05, 3.63) is 66.1 Å². The van der Waals surface area contributed by atoms with Crippen LogP contribution >= 0.6 is 0 Å². The third kappa shape index (κ3) is 2.82. The fourth-order valence-electron chi connectivity index (χ4n) is 3.23. The molecule has 0 saturated heterocycles. The van der Waals surface area contributed by atoms with Crippen LogP contribution in [0.3, 0.4) is 0 Å². The van der Waals surface area contributed by atoms with Crippen molar-refractivity contribution in [1.82, 2.24) is 5.32 Å². The van der Waals surface area contributed by atoms with Crippen LogP contribution < -0.4 is 10.1 Å². The molecule has 0 radical (unpaired) electrons. The molecule has 1 aromatic carbocycles. The quantitative estimate of drug-likeness (QED) is 0.751. The topological polar surface area (TPSA) is 64.6 Å². The van der Waals surface area contributed by atoms with Gasteiger partial charge in [-0.15, -0.1) is 0 Å². The second-order valence-corrected chi connectivity index (χ2v) is 6.26. The van der Waals surface area contributed by atoms with Crippen LogP contribution in [0.2, 0.25) is 0 Å². The number of carbonyl (C=O) groups excluding carboxylic acids is 1. The number of nitrogens with one attached hydrogen (secondary N) is 1. The number of methoxy groups -OCH3 is 1. The minimum absolute atomic E-state index is 0.222. The molecular weight excluding hydrogens is 318 g/mol. The Morgan fingerprint density at radius 3 is 2.68 bits per heavy atom. The van der Waals surface area contributed by atoms with Crippen LogP contribution in [0.1, 0.15) is 35.4 Å². The van der Waals surface area contributed by atoms with E-state index in [9.17, 15) is 4.79 Å². The van der Waals surface area contributed by atoms with Crippen molar-refractivity contribution in [2.24, 2.45) is 0 Å². The summed E-state index contributed by atoms with van der Waals surface area (Å²) in [6, 6.07) is 14.8. The summed E-state index contributed by atoms with van der Waals surface area (Å²) >= 11 is 0. The molecule has 128 valence electrons. The number of ether oxygens (including phenoxy) is 1. The smallest absolute Gasteiger partial charge is 0.287 e. The van der Waals surface area contributed by atoms with Gasteiger partial charge in [0, 0.05) is 0 Å². The Morgan fingerprint density at radius 1 is 1.12 bits per heavy atom. The van der Waals surface area contributed by atoms with Crippen molar-refractivity contribution in [2.75, 3.05) is 7.11 Å². The summed E-state index contributed by atoms with van der Waals surface area (Å²) < 4.78 is 16.3. The van der Waals surface area contributed by atoms with Gasteiger partial charge in [-0.1, -0.05) is 12.1 Å². The molecule has 0 aliphatic heterocycles. The lowest BCUT2D eigenvalue weighted by atomic mass is 9.71. The lowest BCUT2D eigenvalue weighted by molar-refractivity contribution is 0.0795. The molecule has 0 unspecified atom stereocenters. The molecule has 4 rings (SSSR count). The van der Waals surface area contributed by atoms with Crippen LogP contribution in [-0.4, -0.2) is 13.0 Å². The molecule has 2 heterocycles. The molecule has 5 heteroatoms. The Morgan fingerprint density at radius 2 is 2.00 bits per heavy atom. The highest BCUT2D eigenvalue weighted by Crippen LogP contribution is 2.42. The number of rotatable bonds is 5. The van der Waals surface area contributed by atoms with Crippen LogP contribution in [0, 0.1) is 0 Å². The molecule has 1 saturated carbocycles. The number of carbonyl (C=O) groups is 1. The first kappa shape index (κ1) is 15.6. The Kier molecular flexibility index (Phi) is 3.84. The van der Waals surface area contributed by atoms with Crippen molar-refractivity contribution in [2.45, 2.75) is 24.8 Å². The minimum atomic E-state index is -0.358. The van der Waals surface area contributed by atoms with Gasteiger partial charge in [-0.25, -0.2) is 0 Å². The molecular formula is C20H19NO4. The highest BCUT2D eigenvalue weighted by atomic mass is 16.5. The van der Waals surface area contributed by atoms with Gasteiger partial charge < -0.3 is 18.9 Å². The first-order valence-corrected chi connectivity index (χ1v) is 8.31. The van der Waals surface area contributed by atoms with Crippen LogP contribution in [0.15, 0.2) is 63.6 Å². The zero-order valence-electron chi connectivity index (χ0n) is 14.0. The normalized spacial score (nSPS) is 15.4. The van der Waals surface area contributed by atoms with Gasteiger partial charge in [0.2, 0.25) is 0 Å². The summed E-state index contributed by atoms with van der Waals surface area (Å²) in [5, 5.41) is 3.15. The molecule has 1 aliphatic rings. The number of amides is 1. The second kappa shape index (κ2) is 6.16. The van der Waals surface area contributed by atoms with E-state index in [4.69, 9.17) is 13.6 Å². The molecule has 1 aliphatic carbocycles. The fraction of sp³-hybridized carbons (Fsp3) is 0.250. The third-order valence-electron chi connectivity index (χ3n) is 4.78. The molecule has 1 N–H and O–H groups in total. The molecule has 25 heavy (non-hydrogen) atoms. The van der Waals surface area contributed by atoms with E-state index in [-0.39, 0.29) is 17.2 Å². The summed E-state index contributed by atoms with van der Waals surface area (Å²) in [4.78, 5) is 12.7. The number of benzene rings is 1. The Bertz CT molecular complexity index is 875. The molecule has 1 fully saturated rings. The molecule has 2 aromatic heterocycles. The highest BCUT2D eigenvalue weighted by Gasteiger charge is 2.40. The first-order chi connectivity index (χ1) is 12.2. The van der Waals surface area contributed by atoms with E-state index in [1.807, 2.05) is 24.3 Å². The van der Waals surface area contributed by atoms with E-state index < -0.39 is 0 Å². The Labute approximate surface area is 145 Å². The van der Waals surface area contributed by atoms with Gasteiger partial charge in [0.1, 0.15) is 5.75 Å². The van der Waals surface area contributed by atoms with E-state index in [2.05, 4.69) is 5.32 Å². The molecule has 0 spiro atoms. The van der Waals surface area contributed by atoms with Crippen LogP contribution in [0.25, 0.3) is 11.5 Å². The van der Waals surface area contributed by atoms with Crippen molar-refractivity contribution in [3.63, 3.8) is 0 Å². The standard InChI is InChI=1S/C20H19NO4/c1-23-15-6-2-5-14(13-15)20(10-4-11-20)21-19(22)18-9-8-17(25-18)16-7-3-12-24-16/h2-3,5-9,12-13H,4,10-11H2,1H3,(H,21,22). The van der Waals surface area contributed by atoms with Crippen molar-refractivity contribution in [1.29, 1.82) is 0 Å². The molecule has 5 nitrogen and oxygen atoms in total. The van der Waals surface area contributed by atoms with Gasteiger partial charge in [0.05, 0.1) is 18.9 Å². The third-order valence-corrected chi connectivity index (χ3v) is 4.78.